The minimum Gasteiger partial charge on any atom is -0.501 e. The molecule has 1 N–H and O–H groups in total. The maximum atomic E-state index is 12.4. The molecule has 0 aliphatic carbocycles. The number of aliphatic hydroxyl groups is 1. The van der Waals surface area contributed by atoms with Crippen molar-refractivity contribution < 1.29 is 14.6 Å². The molecular weight excluding hydrogens is 416 g/mol. The van der Waals surface area contributed by atoms with E-state index in [-0.39, 0.29) is 5.70 Å². The Labute approximate surface area is 190 Å². The highest BCUT2D eigenvalue weighted by Gasteiger charge is 2.15. The van der Waals surface area contributed by atoms with Crippen LogP contribution in [0.15, 0.2) is 129 Å². The summed E-state index contributed by atoms with van der Waals surface area (Å²) in [6.45, 7) is 1.48. The lowest BCUT2D eigenvalue weighted by atomic mass is 10.1. The van der Waals surface area contributed by atoms with Gasteiger partial charge in [0.2, 0.25) is 5.76 Å². The Morgan fingerprint density at radius 3 is 2.00 bits per heavy atom. The Hall–Kier alpha value is -4.65. The smallest absolute Gasteiger partial charge is 0.380 e. The minimum atomic E-state index is -0.903. The molecule has 0 unspecified atom stereocenters. The van der Waals surface area contributed by atoms with E-state index in [0.29, 0.717) is 17.1 Å². The normalized spacial score (nSPS) is 12.3. The van der Waals surface area contributed by atoms with Crippen LogP contribution in [0.25, 0.3) is 10.8 Å². The molecule has 4 aromatic carbocycles. The van der Waals surface area contributed by atoms with Gasteiger partial charge in [-0.05, 0) is 54.8 Å². The molecule has 7 nitrogen and oxygen atoms in total. The number of carbonyl (C=O) groups is 1. The summed E-state index contributed by atoms with van der Waals surface area (Å²) in [6, 6.07) is 29.2. The lowest BCUT2D eigenvalue weighted by Gasteiger charge is -2.07. The van der Waals surface area contributed by atoms with Gasteiger partial charge in [0, 0.05) is 5.39 Å². The molecule has 7 heteroatoms. The summed E-state index contributed by atoms with van der Waals surface area (Å²) in [5.41, 5.74) is 1.98. The zero-order chi connectivity index (χ0) is 23.0. The quantitative estimate of drug-likeness (QED) is 0.110. The van der Waals surface area contributed by atoms with Gasteiger partial charge in [0.1, 0.15) is 11.4 Å². The maximum absolute atomic E-state index is 12.4. The van der Waals surface area contributed by atoms with E-state index >= 15 is 0 Å². The van der Waals surface area contributed by atoms with Crippen LogP contribution in [0, 0.1) is 0 Å². The summed E-state index contributed by atoms with van der Waals surface area (Å²) in [5, 5.41) is 28.3. The second-order valence-corrected chi connectivity index (χ2v) is 7.05. The molecule has 0 amide bonds. The SMILES string of the molecule is CC(N=Nc1ccc(N=Nc2ccccc2)cc1)=C(O)C(=O)Oc1cccc2ccccc12. The van der Waals surface area contributed by atoms with Gasteiger partial charge in [0.05, 0.1) is 17.1 Å². The zero-order valence-electron chi connectivity index (χ0n) is 17.8. The highest BCUT2D eigenvalue weighted by molar-refractivity contribution is 5.94. The Bertz CT molecular complexity index is 1360. The first-order chi connectivity index (χ1) is 16.1. The number of ether oxygens (including phenoxy) is 1. The van der Waals surface area contributed by atoms with Crippen LogP contribution in [-0.2, 0) is 4.79 Å². The molecule has 0 atom stereocenters. The number of hydrogen-bond donors (Lipinski definition) is 1. The van der Waals surface area contributed by atoms with Crippen molar-refractivity contribution in [3.63, 3.8) is 0 Å². The molecule has 33 heavy (non-hydrogen) atoms. The van der Waals surface area contributed by atoms with E-state index in [1.807, 2.05) is 60.7 Å². The van der Waals surface area contributed by atoms with E-state index in [9.17, 15) is 9.90 Å². The Kier molecular flexibility index (Phi) is 6.61. The minimum absolute atomic E-state index is 0.0353. The van der Waals surface area contributed by atoms with Gasteiger partial charge in [-0.1, -0.05) is 54.6 Å². The van der Waals surface area contributed by atoms with Gasteiger partial charge in [0.15, 0.2) is 0 Å². The number of hydrogen-bond acceptors (Lipinski definition) is 7. The number of esters is 1. The van der Waals surface area contributed by atoms with Crippen LogP contribution in [0.2, 0.25) is 0 Å². The molecule has 0 spiro atoms. The standard InChI is InChI=1S/C26H20N4O3/c1-18(25(31)26(32)33-24-13-7-9-19-8-5-6-12-23(19)24)27-28-21-14-16-22(17-15-21)30-29-20-10-3-2-4-11-20/h2-17,31H,1H3. The van der Waals surface area contributed by atoms with E-state index in [4.69, 9.17) is 4.74 Å². The largest absolute Gasteiger partial charge is 0.501 e. The number of benzene rings is 4. The lowest BCUT2D eigenvalue weighted by Crippen LogP contribution is -2.12. The fourth-order valence-electron chi connectivity index (χ4n) is 2.96. The van der Waals surface area contributed by atoms with Gasteiger partial charge in [0.25, 0.3) is 0 Å². The third-order valence-corrected chi connectivity index (χ3v) is 4.69. The molecule has 4 rings (SSSR count). The van der Waals surface area contributed by atoms with Crippen LogP contribution in [-0.4, -0.2) is 11.1 Å². The Morgan fingerprint density at radius 1 is 0.697 bits per heavy atom. The summed E-state index contributed by atoms with van der Waals surface area (Å²) in [4.78, 5) is 12.4. The summed E-state index contributed by atoms with van der Waals surface area (Å²) < 4.78 is 5.37. The number of aliphatic hydroxyl groups excluding tert-OH is 1. The maximum Gasteiger partial charge on any atom is 0.380 e. The fourth-order valence-corrected chi connectivity index (χ4v) is 2.96. The molecule has 0 saturated carbocycles. The molecule has 4 aromatic rings. The first kappa shape index (κ1) is 21.6. The van der Waals surface area contributed by atoms with E-state index in [0.717, 1.165) is 16.5 Å². The predicted octanol–water partition coefficient (Wildman–Crippen LogP) is 7.73. The molecule has 0 aliphatic rings. The van der Waals surface area contributed by atoms with Crippen LogP contribution in [0.4, 0.5) is 17.1 Å². The van der Waals surface area contributed by atoms with Crippen molar-refractivity contribution in [2.45, 2.75) is 6.92 Å². The van der Waals surface area contributed by atoms with E-state index in [1.165, 1.54) is 6.92 Å². The molecular formula is C26H20N4O3. The van der Waals surface area contributed by atoms with Gasteiger partial charge in [-0.25, -0.2) is 4.79 Å². The van der Waals surface area contributed by atoms with Crippen molar-refractivity contribution in [3.05, 3.63) is 109 Å². The second kappa shape index (κ2) is 10.1. The van der Waals surface area contributed by atoms with Crippen molar-refractivity contribution in [3.8, 4) is 5.75 Å². The van der Waals surface area contributed by atoms with Crippen LogP contribution >= 0.6 is 0 Å². The second-order valence-electron chi connectivity index (χ2n) is 7.05. The number of fused-ring (bicyclic) bond motifs is 1. The van der Waals surface area contributed by atoms with Crippen molar-refractivity contribution in [1.29, 1.82) is 0 Å². The monoisotopic (exact) mass is 436 g/mol. The van der Waals surface area contributed by atoms with E-state index in [2.05, 4.69) is 20.5 Å². The average molecular weight is 436 g/mol. The molecule has 0 radical (unpaired) electrons. The van der Waals surface area contributed by atoms with Crippen molar-refractivity contribution >= 4 is 33.8 Å². The van der Waals surface area contributed by atoms with Crippen LogP contribution < -0.4 is 4.74 Å². The Balaban J connectivity index is 1.43. The summed E-state index contributed by atoms with van der Waals surface area (Å²) >= 11 is 0. The van der Waals surface area contributed by atoms with Crippen LogP contribution in [0.5, 0.6) is 5.75 Å². The summed E-state index contributed by atoms with van der Waals surface area (Å²) in [5.74, 6) is -1.16. The molecule has 0 fully saturated rings. The Morgan fingerprint density at radius 2 is 1.27 bits per heavy atom. The van der Waals surface area contributed by atoms with Crippen molar-refractivity contribution in [2.75, 3.05) is 0 Å². The predicted molar refractivity (Wildman–Crippen MR) is 126 cm³/mol. The number of carbonyl (C=O) groups excluding carboxylic acids is 1. The number of azo groups is 2. The van der Waals surface area contributed by atoms with Crippen molar-refractivity contribution in [2.24, 2.45) is 20.5 Å². The van der Waals surface area contributed by atoms with Gasteiger partial charge in [-0.15, -0.1) is 0 Å². The number of nitrogens with zero attached hydrogens (tertiary/aromatic N) is 4. The fraction of sp³-hybridized carbons (Fsp3) is 0.0385. The molecule has 162 valence electrons. The molecule has 0 bridgehead atoms. The van der Waals surface area contributed by atoms with Gasteiger partial charge < -0.3 is 9.84 Å². The van der Waals surface area contributed by atoms with Gasteiger partial charge >= 0.3 is 5.97 Å². The van der Waals surface area contributed by atoms with Gasteiger partial charge in [-0.3, -0.25) is 0 Å². The first-order valence-corrected chi connectivity index (χ1v) is 10.2. The average Bonchev–Trinajstić information content (AvgIpc) is 2.87. The zero-order valence-corrected chi connectivity index (χ0v) is 17.8. The molecule has 0 heterocycles. The van der Waals surface area contributed by atoms with E-state index in [1.54, 1.807) is 36.4 Å². The lowest BCUT2D eigenvalue weighted by molar-refractivity contribution is -0.133. The highest BCUT2D eigenvalue weighted by Crippen LogP contribution is 2.26. The summed E-state index contributed by atoms with van der Waals surface area (Å²) in [7, 11) is 0. The number of allylic oxidation sites excluding steroid dienone is 1. The first-order valence-electron chi connectivity index (χ1n) is 10.2. The van der Waals surface area contributed by atoms with Crippen LogP contribution in [0.1, 0.15) is 6.92 Å². The van der Waals surface area contributed by atoms with E-state index < -0.39 is 11.7 Å². The third kappa shape index (κ3) is 5.54. The molecule has 0 saturated heterocycles. The van der Waals surface area contributed by atoms with Gasteiger partial charge in [-0.2, -0.15) is 20.5 Å². The van der Waals surface area contributed by atoms with Crippen molar-refractivity contribution in [1.82, 2.24) is 0 Å². The third-order valence-electron chi connectivity index (χ3n) is 4.69. The highest BCUT2D eigenvalue weighted by atomic mass is 16.5. The molecule has 0 aromatic heterocycles. The topological polar surface area (TPSA) is 96.0 Å². The summed E-state index contributed by atoms with van der Waals surface area (Å²) in [6.07, 6.45) is 0. The molecule has 0 aliphatic heterocycles. The number of rotatable bonds is 6. The van der Waals surface area contributed by atoms with Crippen LogP contribution in [0.3, 0.4) is 0 Å².